The van der Waals surface area contributed by atoms with Crippen LogP contribution in [0.1, 0.15) is 34.6 Å². The van der Waals surface area contributed by atoms with Gasteiger partial charge in [0.2, 0.25) is 10.0 Å². The van der Waals surface area contributed by atoms with Crippen LogP contribution >= 0.6 is 22.9 Å². The van der Waals surface area contributed by atoms with Crippen molar-refractivity contribution >= 4 is 49.1 Å². The monoisotopic (exact) mass is 450 g/mol. The quantitative estimate of drug-likeness (QED) is 0.535. The molecular formula is C20H19ClN2O4S2. The molecule has 4 rings (SSSR count). The third-order valence-corrected chi connectivity index (χ3v) is 8.01. The summed E-state index contributed by atoms with van der Waals surface area (Å²) < 4.78 is 33.6. The van der Waals surface area contributed by atoms with Gasteiger partial charge in [0.1, 0.15) is 11.6 Å². The van der Waals surface area contributed by atoms with Gasteiger partial charge in [-0.3, -0.25) is 0 Å². The normalized spacial score (nSPS) is 15.5. The minimum Gasteiger partial charge on any atom is -0.455 e. The number of fused-ring (bicyclic) bond motifs is 1. The van der Waals surface area contributed by atoms with Gasteiger partial charge in [-0.25, -0.2) is 18.2 Å². The van der Waals surface area contributed by atoms with Crippen LogP contribution in [0, 0.1) is 0 Å². The van der Waals surface area contributed by atoms with E-state index < -0.39 is 16.0 Å². The van der Waals surface area contributed by atoms with Crippen molar-refractivity contribution in [2.24, 2.45) is 0 Å². The fourth-order valence-electron chi connectivity index (χ4n) is 3.26. The Morgan fingerprint density at radius 3 is 2.66 bits per heavy atom. The molecule has 2 heterocycles. The van der Waals surface area contributed by atoms with Gasteiger partial charge in [0.15, 0.2) is 0 Å². The standard InChI is InChI=1S/C20H19ClN2O4S2/c21-16-9-8-14(29(25,26)23-10-4-1-5-11-23)12-15(16)20(24)27-13-19-22-17-6-2-3-7-18(17)28-19/h2-3,6-9,12H,1,4-5,10-11,13H2. The van der Waals surface area contributed by atoms with Gasteiger partial charge in [0.05, 0.1) is 25.7 Å². The molecule has 2 aromatic carbocycles. The lowest BCUT2D eigenvalue weighted by Gasteiger charge is -2.26. The SMILES string of the molecule is O=C(OCc1nc2ccccc2s1)c1cc(S(=O)(=O)N2CCCCC2)ccc1Cl. The van der Waals surface area contributed by atoms with E-state index in [-0.39, 0.29) is 22.1 Å². The number of rotatable bonds is 5. The molecular weight excluding hydrogens is 432 g/mol. The predicted molar refractivity (Wildman–Crippen MR) is 113 cm³/mol. The summed E-state index contributed by atoms with van der Waals surface area (Å²) in [6, 6.07) is 11.8. The Balaban J connectivity index is 1.52. The van der Waals surface area contributed by atoms with Crippen molar-refractivity contribution < 1.29 is 17.9 Å². The lowest BCUT2D eigenvalue weighted by atomic mass is 10.2. The molecule has 1 aliphatic heterocycles. The number of esters is 1. The Labute approximate surface area is 178 Å². The van der Waals surface area contributed by atoms with Crippen LogP contribution in [-0.4, -0.2) is 36.8 Å². The molecule has 1 saturated heterocycles. The first-order chi connectivity index (χ1) is 13.9. The molecule has 9 heteroatoms. The maximum absolute atomic E-state index is 12.9. The van der Waals surface area contributed by atoms with Gasteiger partial charge in [-0.1, -0.05) is 30.2 Å². The largest absolute Gasteiger partial charge is 0.455 e. The Morgan fingerprint density at radius 1 is 1.14 bits per heavy atom. The number of nitrogens with zero attached hydrogens (tertiary/aromatic N) is 2. The van der Waals surface area contributed by atoms with E-state index >= 15 is 0 Å². The van der Waals surface area contributed by atoms with Gasteiger partial charge in [-0.2, -0.15) is 4.31 Å². The van der Waals surface area contributed by atoms with Crippen LogP contribution in [0.25, 0.3) is 10.2 Å². The highest BCUT2D eigenvalue weighted by molar-refractivity contribution is 7.89. The van der Waals surface area contributed by atoms with Crippen LogP contribution in [0.5, 0.6) is 0 Å². The highest BCUT2D eigenvalue weighted by atomic mass is 35.5. The van der Waals surface area contributed by atoms with Gasteiger partial charge < -0.3 is 4.74 Å². The van der Waals surface area contributed by atoms with Gasteiger partial charge in [-0.05, 0) is 43.2 Å². The Hall–Kier alpha value is -2.00. The average Bonchev–Trinajstić information content (AvgIpc) is 3.16. The molecule has 29 heavy (non-hydrogen) atoms. The molecule has 1 fully saturated rings. The van der Waals surface area contributed by atoms with Crippen molar-refractivity contribution in [1.82, 2.24) is 9.29 Å². The van der Waals surface area contributed by atoms with Crippen molar-refractivity contribution in [1.29, 1.82) is 0 Å². The molecule has 152 valence electrons. The number of halogens is 1. The molecule has 0 radical (unpaired) electrons. The van der Waals surface area contributed by atoms with Gasteiger partial charge >= 0.3 is 5.97 Å². The van der Waals surface area contributed by atoms with Crippen molar-refractivity contribution in [3.63, 3.8) is 0 Å². The minimum atomic E-state index is -3.66. The number of thiazole rings is 1. The number of sulfonamides is 1. The number of carbonyl (C=O) groups is 1. The number of hydrogen-bond acceptors (Lipinski definition) is 6. The number of carbonyl (C=O) groups excluding carboxylic acids is 1. The third-order valence-electron chi connectivity index (χ3n) is 4.78. The summed E-state index contributed by atoms with van der Waals surface area (Å²) >= 11 is 7.59. The number of benzene rings is 2. The van der Waals surface area contributed by atoms with E-state index in [0.717, 1.165) is 29.5 Å². The van der Waals surface area contributed by atoms with E-state index in [9.17, 15) is 13.2 Å². The average molecular weight is 451 g/mol. The Kier molecular flexibility index (Phi) is 5.87. The fraction of sp³-hybridized carbons (Fsp3) is 0.300. The summed E-state index contributed by atoms with van der Waals surface area (Å²) in [4.78, 5) is 17.0. The molecule has 0 N–H and O–H groups in total. The van der Waals surface area contributed by atoms with Crippen molar-refractivity contribution in [2.45, 2.75) is 30.8 Å². The molecule has 1 aromatic heterocycles. The number of para-hydroxylation sites is 1. The van der Waals surface area contributed by atoms with Crippen molar-refractivity contribution in [2.75, 3.05) is 13.1 Å². The summed E-state index contributed by atoms with van der Waals surface area (Å²) in [5.74, 6) is -0.676. The highest BCUT2D eigenvalue weighted by Crippen LogP contribution is 2.27. The van der Waals surface area contributed by atoms with Crippen LogP contribution in [-0.2, 0) is 21.4 Å². The van der Waals surface area contributed by atoms with Crippen LogP contribution in [0.4, 0.5) is 0 Å². The first-order valence-electron chi connectivity index (χ1n) is 9.26. The molecule has 1 aliphatic rings. The van der Waals surface area contributed by atoms with E-state index in [1.54, 1.807) is 0 Å². The number of aromatic nitrogens is 1. The summed E-state index contributed by atoms with van der Waals surface area (Å²) in [5, 5.41) is 0.810. The molecule has 0 saturated carbocycles. The maximum atomic E-state index is 12.9. The van der Waals surface area contributed by atoms with Crippen LogP contribution < -0.4 is 0 Å². The summed E-state index contributed by atoms with van der Waals surface area (Å²) in [6.07, 6.45) is 2.70. The second-order valence-electron chi connectivity index (χ2n) is 6.76. The van der Waals surface area contributed by atoms with Crippen LogP contribution in [0.3, 0.4) is 0 Å². The predicted octanol–water partition coefficient (Wildman–Crippen LogP) is 4.48. The van der Waals surface area contributed by atoms with Crippen LogP contribution in [0.15, 0.2) is 47.4 Å². The lowest BCUT2D eigenvalue weighted by Crippen LogP contribution is -2.35. The fourth-order valence-corrected chi connectivity index (χ4v) is 5.88. The Bertz CT molecular complexity index is 1120. The van der Waals surface area contributed by atoms with E-state index in [1.807, 2.05) is 24.3 Å². The van der Waals surface area contributed by atoms with Gasteiger partial charge in [0, 0.05) is 13.1 Å². The first-order valence-corrected chi connectivity index (χ1v) is 11.9. The molecule has 0 spiro atoms. The Morgan fingerprint density at radius 2 is 1.90 bits per heavy atom. The molecule has 3 aromatic rings. The zero-order chi connectivity index (χ0) is 20.4. The van der Waals surface area contributed by atoms with Crippen molar-refractivity contribution in [3.05, 3.63) is 58.1 Å². The molecule has 0 atom stereocenters. The summed E-state index contributed by atoms with van der Waals surface area (Å²) in [5.41, 5.74) is 0.877. The van der Waals surface area contributed by atoms with E-state index in [0.29, 0.717) is 18.1 Å². The van der Waals surface area contributed by atoms with E-state index in [2.05, 4.69) is 4.98 Å². The van der Waals surface area contributed by atoms with E-state index in [1.165, 1.54) is 33.8 Å². The number of piperidine rings is 1. The van der Waals surface area contributed by atoms with Gasteiger partial charge in [-0.15, -0.1) is 11.3 Å². The first kappa shape index (κ1) is 20.3. The minimum absolute atomic E-state index is 0.00237. The lowest BCUT2D eigenvalue weighted by molar-refractivity contribution is 0.0472. The van der Waals surface area contributed by atoms with E-state index in [4.69, 9.17) is 16.3 Å². The van der Waals surface area contributed by atoms with Crippen LogP contribution in [0.2, 0.25) is 5.02 Å². The second-order valence-corrected chi connectivity index (χ2v) is 10.2. The zero-order valence-corrected chi connectivity index (χ0v) is 17.9. The molecule has 0 amide bonds. The smallest absolute Gasteiger partial charge is 0.340 e. The van der Waals surface area contributed by atoms with Gasteiger partial charge in [0.25, 0.3) is 0 Å². The summed E-state index contributed by atoms with van der Waals surface area (Å²) in [7, 11) is -3.66. The third kappa shape index (κ3) is 4.30. The topological polar surface area (TPSA) is 76.6 Å². The number of hydrogen-bond donors (Lipinski definition) is 0. The molecule has 0 aliphatic carbocycles. The molecule has 0 unspecified atom stereocenters. The summed E-state index contributed by atoms with van der Waals surface area (Å²) in [6.45, 7) is 0.975. The number of ether oxygens (including phenoxy) is 1. The molecule has 0 bridgehead atoms. The zero-order valence-electron chi connectivity index (χ0n) is 15.5. The highest BCUT2D eigenvalue weighted by Gasteiger charge is 2.27. The molecule has 6 nitrogen and oxygen atoms in total. The second kappa shape index (κ2) is 8.39. The van der Waals surface area contributed by atoms with Crippen molar-refractivity contribution in [3.8, 4) is 0 Å². The maximum Gasteiger partial charge on any atom is 0.340 e.